The molecule has 1 amide bonds. The first-order valence-corrected chi connectivity index (χ1v) is 9.66. The predicted octanol–water partition coefficient (Wildman–Crippen LogP) is 4.89. The maximum absolute atomic E-state index is 13.1. The van der Waals surface area contributed by atoms with Gasteiger partial charge in [0.1, 0.15) is 5.82 Å². The number of nitrogens with one attached hydrogen (secondary N) is 1. The van der Waals surface area contributed by atoms with Crippen LogP contribution in [0.2, 0.25) is 0 Å². The molecular weight excluding hydrogens is 351 g/mol. The smallest absolute Gasteiger partial charge is 0.251 e. The van der Waals surface area contributed by atoms with Crippen LogP contribution in [-0.2, 0) is 0 Å². The highest BCUT2D eigenvalue weighted by Crippen LogP contribution is 2.25. The molecule has 1 heterocycles. The summed E-state index contributed by atoms with van der Waals surface area (Å²) in [5, 5.41) is 3.08. The van der Waals surface area contributed by atoms with E-state index in [1.165, 1.54) is 17.8 Å². The van der Waals surface area contributed by atoms with Crippen LogP contribution in [0.5, 0.6) is 0 Å². The summed E-state index contributed by atoms with van der Waals surface area (Å²) in [7, 11) is 0. The molecule has 1 aliphatic rings. The Balaban J connectivity index is 1.38. The summed E-state index contributed by atoms with van der Waals surface area (Å²) < 4.78 is 13.1. The molecule has 1 saturated heterocycles. The molecule has 3 nitrogen and oxygen atoms in total. The fourth-order valence-electron chi connectivity index (χ4n) is 3.78. The van der Waals surface area contributed by atoms with Gasteiger partial charge in [0.2, 0.25) is 0 Å². The van der Waals surface area contributed by atoms with Crippen molar-refractivity contribution in [1.82, 2.24) is 5.32 Å². The lowest BCUT2D eigenvalue weighted by Gasteiger charge is -2.27. The minimum atomic E-state index is -0.254. The van der Waals surface area contributed by atoms with Crippen molar-refractivity contribution in [3.05, 3.63) is 90.2 Å². The Morgan fingerprint density at radius 1 is 0.929 bits per heavy atom. The Morgan fingerprint density at radius 2 is 1.57 bits per heavy atom. The Morgan fingerprint density at radius 3 is 2.25 bits per heavy atom. The zero-order chi connectivity index (χ0) is 19.3. The third-order valence-corrected chi connectivity index (χ3v) is 5.29. The highest BCUT2D eigenvalue weighted by atomic mass is 19.1. The monoisotopic (exact) mass is 374 g/mol. The molecule has 0 aromatic heterocycles. The van der Waals surface area contributed by atoms with Crippen LogP contribution in [0.25, 0.3) is 11.1 Å². The Hall–Kier alpha value is -3.14. The molecular formula is C24H23FN2O. The number of anilines is 1. The van der Waals surface area contributed by atoms with Gasteiger partial charge in [-0.2, -0.15) is 0 Å². The first-order valence-electron chi connectivity index (χ1n) is 9.66. The lowest BCUT2D eigenvalue weighted by Crippen LogP contribution is -2.40. The summed E-state index contributed by atoms with van der Waals surface area (Å²) in [6.07, 6.45) is 2.22. The van der Waals surface area contributed by atoms with Crippen LogP contribution in [0.15, 0.2) is 78.9 Å². The normalized spacial score (nSPS) is 16.2. The number of hydrogen-bond donors (Lipinski definition) is 1. The summed E-state index contributed by atoms with van der Waals surface area (Å²) in [6, 6.07) is 24.5. The van der Waals surface area contributed by atoms with Crippen LogP contribution in [-0.4, -0.2) is 25.0 Å². The summed E-state index contributed by atoms with van der Waals surface area (Å²) >= 11 is 0. The number of carbonyl (C=O) groups excluding carboxylic acids is 1. The molecule has 1 unspecified atom stereocenters. The van der Waals surface area contributed by atoms with Gasteiger partial charge in [-0.1, -0.05) is 42.5 Å². The van der Waals surface area contributed by atoms with Gasteiger partial charge in [-0.25, -0.2) is 4.39 Å². The third kappa shape index (κ3) is 4.06. The van der Waals surface area contributed by atoms with Crippen molar-refractivity contribution in [1.29, 1.82) is 0 Å². The SMILES string of the molecule is O=C(NCC1CCCN1c1ccccc1)c1ccc(-c2ccc(F)cc2)cc1. The summed E-state index contributed by atoms with van der Waals surface area (Å²) in [5.74, 6) is -0.318. The number of rotatable bonds is 5. The fourth-order valence-corrected chi connectivity index (χ4v) is 3.78. The first kappa shape index (κ1) is 18.2. The molecule has 4 heteroatoms. The maximum atomic E-state index is 13.1. The van der Waals surface area contributed by atoms with E-state index in [0.29, 0.717) is 18.2 Å². The zero-order valence-corrected chi connectivity index (χ0v) is 15.6. The molecule has 1 fully saturated rings. The predicted molar refractivity (Wildman–Crippen MR) is 111 cm³/mol. The largest absolute Gasteiger partial charge is 0.367 e. The maximum Gasteiger partial charge on any atom is 0.251 e. The quantitative estimate of drug-likeness (QED) is 0.689. The van der Waals surface area contributed by atoms with Crippen LogP contribution in [0.3, 0.4) is 0 Å². The second-order valence-electron chi connectivity index (χ2n) is 7.12. The van der Waals surface area contributed by atoms with Crippen molar-refractivity contribution >= 4 is 11.6 Å². The third-order valence-electron chi connectivity index (χ3n) is 5.29. The summed E-state index contributed by atoms with van der Waals surface area (Å²) in [5.41, 5.74) is 3.73. The number of benzene rings is 3. The standard InChI is InChI=1S/C24H23FN2O/c25-21-14-12-19(13-15-21)18-8-10-20(11-9-18)24(28)26-17-23-7-4-16-27(23)22-5-2-1-3-6-22/h1-3,5-6,8-15,23H,4,7,16-17H2,(H,26,28). The molecule has 0 spiro atoms. The molecule has 0 saturated carbocycles. The van der Waals surface area contributed by atoms with Crippen LogP contribution in [0.1, 0.15) is 23.2 Å². The molecule has 1 aliphatic heterocycles. The van der Waals surface area contributed by atoms with Crippen molar-refractivity contribution in [2.45, 2.75) is 18.9 Å². The Bertz CT molecular complexity index is 923. The van der Waals surface area contributed by atoms with E-state index in [-0.39, 0.29) is 11.7 Å². The number of hydrogen-bond acceptors (Lipinski definition) is 2. The van der Waals surface area contributed by atoms with E-state index in [2.05, 4.69) is 22.3 Å². The van der Waals surface area contributed by atoms with Gasteiger partial charge in [0, 0.05) is 30.4 Å². The second kappa shape index (κ2) is 8.26. The van der Waals surface area contributed by atoms with Crippen molar-refractivity contribution in [3.8, 4) is 11.1 Å². The number of carbonyl (C=O) groups is 1. The molecule has 28 heavy (non-hydrogen) atoms. The Labute approximate surface area is 164 Å². The van der Waals surface area contributed by atoms with Crippen molar-refractivity contribution < 1.29 is 9.18 Å². The van der Waals surface area contributed by atoms with Gasteiger partial charge < -0.3 is 10.2 Å². The topological polar surface area (TPSA) is 32.3 Å². The van der Waals surface area contributed by atoms with Crippen LogP contribution in [0.4, 0.5) is 10.1 Å². The number of amides is 1. The van der Waals surface area contributed by atoms with Gasteiger partial charge in [-0.15, -0.1) is 0 Å². The van der Waals surface area contributed by atoms with E-state index >= 15 is 0 Å². The number of halogens is 1. The fraction of sp³-hybridized carbons (Fsp3) is 0.208. The molecule has 3 aromatic rings. The highest BCUT2D eigenvalue weighted by Gasteiger charge is 2.25. The van der Waals surface area contributed by atoms with E-state index in [0.717, 1.165) is 30.5 Å². The van der Waals surface area contributed by atoms with Crippen molar-refractivity contribution in [2.75, 3.05) is 18.0 Å². The number of nitrogens with zero attached hydrogens (tertiary/aromatic N) is 1. The Kier molecular flexibility index (Phi) is 5.38. The molecule has 142 valence electrons. The zero-order valence-electron chi connectivity index (χ0n) is 15.6. The first-order chi connectivity index (χ1) is 13.7. The molecule has 0 aliphatic carbocycles. The van der Waals surface area contributed by atoms with E-state index < -0.39 is 0 Å². The van der Waals surface area contributed by atoms with E-state index in [9.17, 15) is 9.18 Å². The number of para-hydroxylation sites is 1. The summed E-state index contributed by atoms with van der Waals surface area (Å²) in [6.45, 7) is 1.66. The average Bonchev–Trinajstić information content (AvgIpc) is 3.22. The van der Waals surface area contributed by atoms with Crippen molar-refractivity contribution in [2.24, 2.45) is 0 Å². The summed E-state index contributed by atoms with van der Waals surface area (Å²) in [4.78, 5) is 14.9. The molecule has 0 radical (unpaired) electrons. The van der Waals surface area contributed by atoms with Gasteiger partial charge in [-0.3, -0.25) is 4.79 Å². The van der Waals surface area contributed by atoms with Crippen LogP contribution in [0, 0.1) is 5.82 Å². The second-order valence-corrected chi connectivity index (χ2v) is 7.12. The lowest BCUT2D eigenvalue weighted by molar-refractivity contribution is 0.0951. The molecule has 1 atom stereocenters. The molecule has 0 bridgehead atoms. The van der Waals surface area contributed by atoms with E-state index in [4.69, 9.17) is 0 Å². The minimum absolute atomic E-state index is 0.0643. The van der Waals surface area contributed by atoms with Crippen molar-refractivity contribution in [3.63, 3.8) is 0 Å². The van der Waals surface area contributed by atoms with E-state index in [1.807, 2.05) is 42.5 Å². The molecule has 1 N–H and O–H groups in total. The van der Waals surface area contributed by atoms with Crippen LogP contribution >= 0.6 is 0 Å². The van der Waals surface area contributed by atoms with Gasteiger partial charge in [-0.05, 0) is 60.4 Å². The molecule has 3 aromatic carbocycles. The molecule has 4 rings (SSSR count). The average molecular weight is 374 g/mol. The lowest BCUT2D eigenvalue weighted by atomic mass is 10.0. The van der Waals surface area contributed by atoms with Gasteiger partial charge >= 0.3 is 0 Å². The van der Waals surface area contributed by atoms with Gasteiger partial charge in [0.15, 0.2) is 0 Å². The highest BCUT2D eigenvalue weighted by molar-refractivity contribution is 5.94. The van der Waals surface area contributed by atoms with Gasteiger partial charge in [0.25, 0.3) is 5.91 Å². The van der Waals surface area contributed by atoms with E-state index in [1.54, 1.807) is 12.1 Å². The van der Waals surface area contributed by atoms with Crippen LogP contribution < -0.4 is 10.2 Å². The minimum Gasteiger partial charge on any atom is -0.367 e. The van der Waals surface area contributed by atoms with Gasteiger partial charge in [0.05, 0.1) is 0 Å².